The third kappa shape index (κ3) is 4.59. The summed E-state index contributed by atoms with van der Waals surface area (Å²) in [5.74, 6) is -0.0489. The van der Waals surface area contributed by atoms with E-state index in [2.05, 4.69) is 20.6 Å². The number of nitrogens with one attached hydrogen (secondary N) is 2. The number of benzene rings is 2. The second-order valence-corrected chi connectivity index (χ2v) is 6.41. The summed E-state index contributed by atoms with van der Waals surface area (Å²) in [5.41, 5.74) is 2.87. The van der Waals surface area contributed by atoms with Gasteiger partial charge in [-0.15, -0.1) is 0 Å². The normalized spacial score (nSPS) is 10.9. The summed E-state index contributed by atoms with van der Waals surface area (Å²) in [6.07, 6.45) is 6.08. The largest absolute Gasteiger partial charge is 0.467 e. The maximum atomic E-state index is 12.5. The fourth-order valence-corrected chi connectivity index (χ4v) is 2.85. The second kappa shape index (κ2) is 8.83. The molecule has 2 amide bonds. The van der Waals surface area contributed by atoms with Gasteiger partial charge < -0.3 is 15.1 Å². The van der Waals surface area contributed by atoms with Crippen LogP contribution in [0.5, 0.6) is 0 Å². The maximum Gasteiger partial charge on any atom is 0.253 e. The number of hydrogen-bond donors (Lipinski definition) is 2. The highest BCUT2D eigenvalue weighted by Gasteiger charge is 2.12. The number of nitrogens with zero attached hydrogens (tertiary/aromatic N) is 2. The number of carbonyl (C=O) groups excluding carboxylic acids is 2. The lowest BCUT2D eigenvalue weighted by Gasteiger charge is -2.10. The van der Waals surface area contributed by atoms with Gasteiger partial charge in [0.2, 0.25) is 5.91 Å². The van der Waals surface area contributed by atoms with Crippen molar-refractivity contribution in [2.75, 3.05) is 5.32 Å². The Kier molecular flexibility index (Phi) is 5.61. The van der Waals surface area contributed by atoms with Crippen LogP contribution in [0.2, 0.25) is 0 Å². The third-order valence-electron chi connectivity index (χ3n) is 4.31. The van der Waals surface area contributed by atoms with Crippen molar-refractivity contribution in [3.05, 3.63) is 96.2 Å². The summed E-state index contributed by atoms with van der Waals surface area (Å²) in [5, 5.41) is 5.50. The molecule has 2 aromatic carbocycles. The van der Waals surface area contributed by atoms with Crippen LogP contribution < -0.4 is 10.6 Å². The Labute approximate surface area is 172 Å². The van der Waals surface area contributed by atoms with Gasteiger partial charge in [0.25, 0.3) is 5.91 Å². The van der Waals surface area contributed by atoms with Crippen LogP contribution >= 0.6 is 0 Å². The second-order valence-electron chi connectivity index (χ2n) is 6.41. The van der Waals surface area contributed by atoms with E-state index in [0.717, 1.165) is 11.0 Å². The molecule has 0 aliphatic carbocycles. The summed E-state index contributed by atoms with van der Waals surface area (Å²) in [6, 6.07) is 17.8. The Bertz CT molecular complexity index is 1220. The van der Waals surface area contributed by atoms with Crippen molar-refractivity contribution in [1.29, 1.82) is 0 Å². The number of hydrogen-bond acceptors (Lipinski definition) is 5. The molecule has 0 radical (unpaired) electrons. The molecule has 0 bridgehead atoms. The number of furan rings is 1. The highest BCUT2D eigenvalue weighted by Crippen LogP contribution is 2.16. The van der Waals surface area contributed by atoms with Crippen molar-refractivity contribution in [3.63, 3.8) is 0 Å². The molecule has 2 heterocycles. The van der Waals surface area contributed by atoms with Crippen molar-refractivity contribution in [3.8, 4) is 0 Å². The number of para-hydroxylation sites is 3. The lowest BCUT2D eigenvalue weighted by Crippen LogP contribution is -2.24. The van der Waals surface area contributed by atoms with E-state index in [1.165, 1.54) is 6.08 Å². The highest BCUT2D eigenvalue weighted by molar-refractivity contribution is 6.07. The minimum absolute atomic E-state index is 0.259. The van der Waals surface area contributed by atoms with Crippen LogP contribution in [-0.4, -0.2) is 21.8 Å². The van der Waals surface area contributed by atoms with Gasteiger partial charge in [0, 0.05) is 6.08 Å². The zero-order valence-corrected chi connectivity index (χ0v) is 15.9. The van der Waals surface area contributed by atoms with Crippen LogP contribution in [0.15, 0.2) is 83.6 Å². The Morgan fingerprint density at radius 2 is 1.77 bits per heavy atom. The average molecular weight is 398 g/mol. The van der Waals surface area contributed by atoms with Crippen molar-refractivity contribution in [2.24, 2.45) is 0 Å². The quantitative estimate of drug-likeness (QED) is 0.482. The van der Waals surface area contributed by atoms with Gasteiger partial charge in [-0.1, -0.05) is 24.3 Å². The van der Waals surface area contributed by atoms with E-state index < -0.39 is 0 Å². The number of aromatic nitrogens is 2. The van der Waals surface area contributed by atoms with Crippen molar-refractivity contribution in [1.82, 2.24) is 15.3 Å². The summed E-state index contributed by atoms with van der Waals surface area (Å²) < 4.78 is 5.21. The van der Waals surface area contributed by atoms with Crippen molar-refractivity contribution < 1.29 is 14.0 Å². The van der Waals surface area contributed by atoms with Crippen LogP contribution in [0.4, 0.5) is 5.69 Å². The standard InChI is InChI=1S/C23H18N4O3/c28-22(12-11-16-14-24-20-9-3-4-10-21(20)26-16)27-19-8-2-1-7-18(19)23(29)25-15-17-6-5-13-30-17/h1-14H,15H2,(H,25,29)(H,27,28)/b12-11+. The molecule has 30 heavy (non-hydrogen) atoms. The van der Waals surface area contributed by atoms with Crippen LogP contribution in [-0.2, 0) is 11.3 Å². The van der Waals surface area contributed by atoms with Crippen LogP contribution in [0.25, 0.3) is 17.1 Å². The molecule has 0 aliphatic rings. The number of rotatable bonds is 6. The summed E-state index contributed by atoms with van der Waals surface area (Å²) >= 11 is 0. The minimum Gasteiger partial charge on any atom is -0.467 e. The average Bonchev–Trinajstić information content (AvgIpc) is 3.30. The van der Waals surface area contributed by atoms with Gasteiger partial charge in [-0.05, 0) is 42.5 Å². The minimum atomic E-state index is -0.378. The topological polar surface area (TPSA) is 97.1 Å². The molecule has 4 rings (SSSR count). The molecule has 0 saturated carbocycles. The van der Waals surface area contributed by atoms with Gasteiger partial charge >= 0.3 is 0 Å². The molecule has 7 nitrogen and oxygen atoms in total. The molecule has 4 aromatic rings. The first-order valence-corrected chi connectivity index (χ1v) is 9.29. The third-order valence-corrected chi connectivity index (χ3v) is 4.31. The number of fused-ring (bicyclic) bond motifs is 1. The van der Waals surface area contributed by atoms with Crippen LogP contribution in [0, 0.1) is 0 Å². The lowest BCUT2D eigenvalue weighted by atomic mass is 10.1. The Hall–Kier alpha value is -4.26. The lowest BCUT2D eigenvalue weighted by molar-refractivity contribution is -0.111. The van der Waals surface area contributed by atoms with Crippen molar-refractivity contribution in [2.45, 2.75) is 6.54 Å². The summed E-state index contributed by atoms with van der Waals surface area (Å²) in [7, 11) is 0. The number of amides is 2. The molecule has 7 heteroatoms. The molecule has 0 aliphatic heterocycles. The fraction of sp³-hybridized carbons (Fsp3) is 0.0435. The predicted octanol–water partition coefficient (Wildman–Crippen LogP) is 3.80. The summed E-state index contributed by atoms with van der Waals surface area (Å²) in [4.78, 5) is 33.6. The molecule has 0 fully saturated rings. The van der Waals surface area contributed by atoms with Crippen molar-refractivity contribution >= 4 is 34.6 Å². The Morgan fingerprint density at radius 3 is 2.60 bits per heavy atom. The zero-order chi connectivity index (χ0) is 20.8. The van der Waals surface area contributed by atoms with Gasteiger partial charge in [-0.3, -0.25) is 14.6 Å². The first-order chi connectivity index (χ1) is 14.7. The molecular formula is C23H18N4O3. The Balaban J connectivity index is 1.43. The molecule has 0 saturated heterocycles. The van der Waals surface area contributed by atoms with Gasteiger partial charge in [0.05, 0.1) is 47.0 Å². The van der Waals surface area contributed by atoms with E-state index in [-0.39, 0.29) is 18.4 Å². The summed E-state index contributed by atoms with van der Waals surface area (Å²) in [6.45, 7) is 0.259. The van der Waals surface area contributed by atoms with Crippen LogP contribution in [0.3, 0.4) is 0 Å². The van der Waals surface area contributed by atoms with E-state index in [1.54, 1.807) is 54.9 Å². The smallest absolute Gasteiger partial charge is 0.253 e. The van der Waals surface area contributed by atoms with Gasteiger partial charge in [0.15, 0.2) is 0 Å². The first-order valence-electron chi connectivity index (χ1n) is 9.29. The first kappa shape index (κ1) is 19.1. The van der Waals surface area contributed by atoms with Crippen LogP contribution in [0.1, 0.15) is 21.8 Å². The van der Waals surface area contributed by atoms with E-state index in [4.69, 9.17) is 4.42 Å². The fourth-order valence-electron chi connectivity index (χ4n) is 2.85. The zero-order valence-electron chi connectivity index (χ0n) is 15.9. The van der Waals surface area contributed by atoms with E-state index in [0.29, 0.717) is 22.7 Å². The molecule has 0 atom stereocenters. The van der Waals surface area contributed by atoms with Gasteiger partial charge in [-0.2, -0.15) is 0 Å². The molecule has 0 spiro atoms. The van der Waals surface area contributed by atoms with Gasteiger partial charge in [-0.25, -0.2) is 4.98 Å². The SMILES string of the molecule is O=C(/C=C/c1cnc2ccccc2n1)Nc1ccccc1C(=O)NCc1ccco1. The molecule has 2 N–H and O–H groups in total. The highest BCUT2D eigenvalue weighted by atomic mass is 16.3. The molecule has 148 valence electrons. The number of anilines is 1. The molecule has 0 unspecified atom stereocenters. The Morgan fingerprint density at radius 1 is 0.967 bits per heavy atom. The van der Waals surface area contributed by atoms with E-state index in [9.17, 15) is 9.59 Å². The predicted molar refractivity (Wildman–Crippen MR) is 114 cm³/mol. The number of carbonyl (C=O) groups is 2. The van der Waals surface area contributed by atoms with Gasteiger partial charge in [0.1, 0.15) is 5.76 Å². The molecular weight excluding hydrogens is 380 g/mol. The molecule has 2 aromatic heterocycles. The maximum absolute atomic E-state index is 12.5. The van der Waals surface area contributed by atoms with E-state index in [1.807, 2.05) is 24.3 Å². The monoisotopic (exact) mass is 398 g/mol. The van der Waals surface area contributed by atoms with E-state index >= 15 is 0 Å².